The molecule has 0 aromatic heterocycles. The zero-order valence-corrected chi connectivity index (χ0v) is 11.4. The summed E-state index contributed by atoms with van der Waals surface area (Å²) in [5.74, 6) is 0. The van der Waals surface area contributed by atoms with Crippen LogP contribution >= 0.6 is 0 Å². The summed E-state index contributed by atoms with van der Waals surface area (Å²) < 4.78 is 0. The maximum Gasteiger partial charge on any atom is -0.0109 e. The summed E-state index contributed by atoms with van der Waals surface area (Å²) in [7, 11) is 0. The molecule has 0 heterocycles. The van der Waals surface area contributed by atoms with Gasteiger partial charge in [0.1, 0.15) is 0 Å². The summed E-state index contributed by atoms with van der Waals surface area (Å²) in [4.78, 5) is 0. The first-order valence-electron chi connectivity index (χ1n) is 6.70. The maximum absolute atomic E-state index is 2.38. The van der Waals surface area contributed by atoms with E-state index in [-0.39, 0.29) is 0 Å². The van der Waals surface area contributed by atoms with Crippen LogP contribution in [0.3, 0.4) is 0 Å². The van der Waals surface area contributed by atoms with Crippen LogP contribution in [0.15, 0.2) is 29.8 Å². The second kappa shape index (κ2) is 4.91. The number of hydrogen-bond acceptors (Lipinski definition) is 0. The molecule has 17 heavy (non-hydrogen) atoms. The molecule has 0 nitrogen and oxygen atoms in total. The third kappa shape index (κ3) is 2.09. The number of rotatable bonds is 3. The Morgan fingerprint density at radius 3 is 2.47 bits per heavy atom. The molecule has 0 amide bonds. The molecule has 0 fully saturated rings. The normalized spacial score (nSPS) is 16.8. The molecule has 0 saturated carbocycles. The lowest BCUT2D eigenvalue weighted by atomic mass is 9.98. The molecule has 0 bridgehead atoms. The third-order valence-corrected chi connectivity index (χ3v) is 3.56. The van der Waals surface area contributed by atoms with Crippen molar-refractivity contribution in [1.29, 1.82) is 0 Å². The van der Waals surface area contributed by atoms with Gasteiger partial charge in [0.25, 0.3) is 0 Å². The highest BCUT2D eigenvalue weighted by Crippen LogP contribution is 2.43. The number of allylic oxidation sites excluding steroid dienone is 4. The van der Waals surface area contributed by atoms with Gasteiger partial charge in [0.2, 0.25) is 0 Å². The number of aryl methyl sites for hydroxylation is 1. The van der Waals surface area contributed by atoms with Crippen LogP contribution in [0.5, 0.6) is 0 Å². The molecule has 0 spiro atoms. The molecule has 0 N–H and O–H groups in total. The molecule has 1 aliphatic carbocycles. The molecule has 1 aliphatic rings. The van der Waals surface area contributed by atoms with Gasteiger partial charge in [-0.25, -0.2) is 0 Å². The summed E-state index contributed by atoms with van der Waals surface area (Å²) in [5.41, 5.74) is 8.80. The SMILES string of the molecule is CC/C=C1\C(CCC)=C(C)c2cc(C)ccc21. The van der Waals surface area contributed by atoms with Crippen LogP contribution in [-0.2, 0) is 0 Å². The van der Waals surface area contributed by atoms with Crippen molar-refractivity contribution in [3.63, 3.8) is 0 Å². The topological polar surface area (TPSA) is 0 Å². The molecular formula is C17H22. The highest BCUT2D eigenvalue weighted by atomic mass is 14.3. The van der Waals surface area contributed by atoms with Gasteiger partial charge in [0.05, 0.1) is 0 Å². The molecule has 90 valence electrons. The van der Waals surface area contributed by atoms with Crippen molar-refractivity contribution in [1.82, 2.24) is 0 Å². The zero-order valence-electron chi connectivity index (χ0n) is 11.4. The van der Waals surface area contributed by atoms with E-state index in [0.29, 0.717) is 0 Å². The van der Waals surface area contributed by atoms with Gasteiger partial charge < -0.3 is 0 Å². The molecule has 0 aliphatic heterocycles. The van der Waals surface area contributed by atoms with E-state index in [0.717, 1.165) is 6.42 Å². The Morgan fingerprint density at radius 1 is 1.06 bits per heavy atom. The van der Waals surface area contributed by atoms with Crippen LogP contribution in [0, 0.1) is 6.92 Å². The molecule has 0 saturated heterocycles. The lowest BCUT2D eigenvalue weighted by Gasteiger charge is -2.06. The standard InChI is InChI=1S/C17H22/c1-5-7-14-13(4)17-11-12(3)9-10-16(17)15(14)8-6-2/h8-11H,5-7H2,1-4H3/b15-8+. The number of benzene rings is 1. The van der Waals surface area contributed by atoms with Crippen molar-refractivity contribution in [2.45, 2.75) is 47.0 Å². The average molecular weight is 226 g/mol. The van der Waals surface area contributed by atoms with Crippen LogP contribution < -0.4 is 0 Å². The summed E-state index contributed by atoms with van der Waals surface area (Å²) in [6.07, 6.45) is 5.92. The lowest BCUT2D eigenvalue weighted by Crippen LogP contribution is -1.86. The Balaban J connectivity index is 2.58. The Labute approximate surface area is 105 Å². The Hall–Kier alpha value is -1.30. The van der Waals surface area contributed by atoms with Gasteiger partial charge in [0.15, 0.2) is 0 Å². The first-order chi connectivity index (χ1) is 8.19. The van der Waals surface area contributed by atoms with Crippen molar-refractivity contribution >= 4 is 11.1 Å². The average Bonchev–Trinajstić information content (AvgIpc) is 2.56. The molecule has 1 aromatic carbocycles. The fraction of sp³-hybridized carbons (Fsp3) is 0.412. The predicted molar refractivity (Wildman–Crippen MR) is 76.9 cm³/mol. The van der Waals surface area contributed by atoms with E-state index in [1.54, 1.807) is 5.57 Å². The van der Waals surface area contributed by atoms with E-state index in [2.05, 4.69) is 52.0 Å². The summed E-state index contributed by atoms with van der Waals surface area (Å²) in [6.45, 7) is 8.94. The minimum absolute atomic E-state index is 1.11. The van der Waals surface area contributed by atoms with Crippen molar-refractivity contribution in [3.05, 3.63) is 46.5 Å². The maximum atomic E-state index is 2.38. The Morgan fingerprint density at radius 2 is 1.82 bits per heavy atom. The molecule has 0 radical (unpaired) electrons. The summed E-state index contributed by atoms with van der Waals surface area (Å²) in [6, 6.07) is 6.85. The van der Waals surface area contributed by atoms with Gasteiger partial charge in [-0.3, -0.25) is 0 Å². The van der Waals surface area contributed by atoms with Crippen molar-refractivity contribution in [3.8, 4) is 0 Å². The van der Waals surface area contributed by atoms with Gasteiger partial charge in [-0.05, 0) is 54.5 Å². The van der Waals surface area contributed by atoms with E-state index in [9.17, 15) is 0 Å². The van der Waals surface area contributed by atoms with Gasteiger partial charge in [-0.2, -0.15) is 0 Å². The van der Waals surface area contributed by atoms with E-state index in [1.807, 2.05) is 0 Å². The summed E-state index contributed by atoms with van der Waals surface area (Å²) >= 11 is 0. The van der Waals surface area contributed by atoms with E-state index in [4.69, 9.17) is 0 Å². The van der Waals surface area contributed by atoms with Crippen LogP contribution in [0.2, 0.25) is 0 Å². The van der Waals surface area contributed by atoms with E-state index >= 15 is 0 Å². The molecular weight excluding hydrogens is 204 g/mol. The van der Waals surface area contributed by atoms with Crippen molar-refractivity contribution in [2.75, 3.05) is 0 Å². The van der Waals surface area contributed by atoms with E-state index < -0.39 is 0 Å². The van der Waals surface area contributed by atoms with Crippen LogP contribution in [0.25, 0.3) is 11.1 Å². The third-order valence-electron chi connectivity index (χ3n) is 3.56. The van der Waals surface area contributed by atoms with Gasteiger partial charge in [0, 0.05) is 0 Å². The predicted octanol–water partition coefficient (Wildman–Crippen LogP) is 5.38. The number of hydrogen-bond donors (Lipinski definition) is 0. The highest BCUT2D eigenvalue weighted by molar-refractivity contribution is 5.99. The lowest BCUT2D eigenvalue weighted by molar-refractivity contribution is 0.933. The Bertz CT molecular complexity index is 487. The van der Waals surface area contributed by atoms with Crippen LogP contribution in [-0.4, -0.2) is 0 Å². The highest BCUT2D eigenvalue weighted by Gasteiger charge is 2.22. The quantitative estimate of drug-likeness (QED) is 0.649. The summed E-state index contributed by atoms with van der Waals surface area (Å²) in [5, 5.41) is 0. The number of fused-ring (bicyclic) bond motifs is 1. The smallest absolute Gasteiger partial charge is 0.0109 e. The van der Waals surface area contributed by atoms with Crippen molar-refractivity contribution in [2.24, 2.45) is 0 Å². The fourth-order valence-electron chi connectivity index (χ4n) is 2.74. The first-order valence-corrected chi connectivity index (χ1v) is 6.70. The van der Waals surface area contributed by atoms with Crippen LogP contribution in [0.1, 0.15) is 56.7 Å². The zero-order chi connectivity index (χ0) is 12.4. The molecule has 0 atom stereocenters. The minimum Gasteiger partial charge on any atom is -0.0766 e. The van der Waals surface area contributed by atoms with Gasteiger partial charge in [-0.1, -0.05) is 50.1 Å². The second-order valence-electron chi connectivity index (χ2n) is 4.93. The first kappa shape index (κ1) is 12.2. The molecule has 1 aromatic rings. The van der Waals surface area contributed by atoms with Gasteiger partial charge >= 0.3 is 0 Å². The minimum atomic E-state index is 1.11. The van der Waals surface area contributed by atoms with Gasteiger partial charge in [-0.15, -0.1) is 0 Å². The Kier molecular flexibility index (Phi) is 3.51. The van der Waals surface area contributed by atoms with Crippen LogP contribution in [0.4, 0.5) is 0 Å². The fourth-order valence-corrected chi connectivity index (χ4v) is 2.74. The molecule has 2 rings (SSSR count). The van der Waals surface area contributed by atoms with Crippen molar-refractivity contribution < 1.29 is 0 Å². The van der Waals surface area contributed by atoms with E-state index in [1.165, 1.54) is 40.7 Å². The largest absolute Gasteiger partial charge is 0.0766 e. The molecule has 0 unspecified atom stereocenters. The molecule has 0 heteroatoms. The second-order valence-corrected chi connectivity index (χ2v) is 4.93. The monoisotopic (exact) mass is 226 g/mol.